The summed E-state index contributed by atoms with van der Waals surface area (Å²) in [5.41, 5.74) is 3.43. The zero-order valence-electron chi connectivity index (χ0n) is 8.23. The lowest BCUT2D eigenvalue weighted by Crippen LogP contribution is -2.29. The monoisotopic (exact) mass is 205 g/mol. The number of amides is 1. The third-order valence-corrected chi connectivity index (χ3v) is 2.25. The molecule has 0 fully saturated rings. The Morgan fingerprint density at radius 3 is 2.87 bits per heavy atom. The topological polar surface area (TPSA) is 69.3 Å². The molecular formula is C10H11N3O2. The number of hydrogen-bond acceptors (Lipinski definition) is 3. The number of fused-ring (bicyclic) bond motifs is 1. The molecule has 1 aromatic heterocycles. The van der Waals surface area contributed by atoms with Crippen molar-refractivity contribution < 1.29 is 9.63 Å². The Morgan fingerprint density at radius 1 is 1.47 bits per heavy atom. The highest BCUT2D eigenvalue weighted by Gasteiger charge is 2.13. The average Bonchev–Trinajstić information content (AvgIpc) is 2.67. The van der Waals surface area contributed by atoms with Crippen LogP contribution in [0.15, 0.2) is 30.5 Å². The van der Waals surface area contributed by atoms with E-state index in [1.807, 2.05) is 24.3 Å². The smallest absolute Gasteiger partial charge is 0.267 e. The van der Waals surface area contributed by atoms with Gasteiger partial charge in [0.05, 0.1) is 17.3 Å². The lowest BCUT2D eigenvalue weighted by atomic mass is 10.2. The molecule has 5 heteroatoms. The number of carbonyl (C=O) groups is 1. The van der Waals surface area contributed by atoms with Gasteiger partial charge in [0, 0.05) is 5.39 Å². The van der Waals surface area contributed by atoms with Crippen molar-refractivity contribution in [3.8, 4) is 0 Å². The quantitative estimate of drug-likeness (QED) is 0.421. The molecule has 1 heterocycles. The van der Waals surface area contributed by atoms with Crippen LogP contribution in [0, 0.1) is 0 Å². The van der Waals surface area contributed by atoms with Crippen LogP contribution < -0.4 is 16.1 Å². The number of nitrogen functional groups attached to an aromatic ring is 1. The molecule has 78 valence electrons. The fraction of sp³-hybridized carbons (Fsp3) is 0.100. The molecule has 0 aliphatic heterocycles. The van der Waals surface area contributed by atoms with Crippen molar-refractivity contribution in [1.82, 2.24) is 10.2 Å². The Hall–Kier alpha value is -2.01. The average molecular weight is 205 g/mol. The first-order valence-electron chi connectivity index (χ1n) is 4.43. The van der Waals surface area contributed by atoms with Crippen LogP contribution in [0.2, 0.25) is 0 Å². The number of nitrogens with one attached hydrogen (secondary N) is 1. The molecule has 0 atom stereocenters. The third kappa shape index (κ3) is 1.42. The summed E-state index contributed by atoms with van der Waals surface area (Å²) in [6.45, 7) is 0. The molecule has 0 saturated carbocycles. The van der Waals surface area contributed by atoms with Crippen LogP contribution in [-0.4, -0.2) is 17.7 Å². The van der Waals surface area contributed by atoms with Gasteiger partial charge in [-0.25, -0.2) is 5.84 Å². The van der Waals surface area contributed by atoms with Gasteiger partial charge in [0.15, 0.2) is 0 Å². The molecule has 0 aliphatic rings. The molecule has 0 saturated heterocycles. The summed E-state index contributed by atoms with van der Waals surface area (Å²) >= 11 is 0. The van der Waals surface area contributed by atoms with Crippen molar-refractivity contribution >= 4 is 16.8 Å². The Kier molecular flexibility index (Phi) is 2.31. The third-order valence-electron chi connectivity index (χ3n) is 2.25. The summed E-state index contributed by atoms with van der Waals surface area (Å²) in [5, 5.41) is 0.808. The number of para-hydroxylation sites is 1. The molecule has 1 aromatic carbocycles. The van der Waals surface area contributed by atoms with Crippen LogP contribution in [0.3, 0.4) is 0 Å². The first-order valence-corrected chi connectivity index (χ1v) is 4.43. The fourth-order valence-corrected chi connectivity index (χ4v) is 1.56. The molecular weight excluding hydrogens is 194 g/mol. The largest absolute Gasteiger partial charge is 0.417 e. The molecule has 3 N–H and O–H groups in total. The van der Waals surface area contributed by atoms with Gasteiger partial charge in [0.25, 0.3) is 5.91 Å². The zero-order chi connectivity index (χ0) is 10.8. The highest BCUT2D eigenvalue weighted by atomic mass is 16.6. The van der Waals surface area contributed by atoms with E-state index in [0.29, 0.717) is 5.56 Å². The van der Waals surface area contributed by atoms with Gasteiger partial charge in [0.1, 0.15) is 7.11 Å². The predicted octanol–water partition coefficient (Wildman–Crippen LogP) is 0.303. The molecule has 2 rings (SSSR count). The first-order chi connectivity index (χ1) is 7.27. The highest BCUT2D eigenvalue weighted by Crippen LogP contribution is 2.19. The molecule has 0 radical (unpaired) electrons. The summed E-state index contributed by atoms with van der Waals surface area (Å²) in [7, 11) is 1.54. The van der Waals surface area contributed by atoms with E-state index in [2.05, 4.69) is 5.43 Å². The minimum absolute atomic E-state index is 0.331. The van der Waals surface area contributed by atoms with Crippen molar-refractivity contribution in [2.75, 3.05) is 7.11 Å². The van der Waals surface area contributed by atoms with E-state index in [-0.39, 0.29) is 5.91 Å². The van der Waals surface area contributed by atoms with E-state index < -0.39 is 0 Å². The van der Waals surface area contributed by atoms with Gasteiger partial charge in [-0.3, -0.25) is 10.2 Å². The van der Waals surface area contributed by atoms with Gasteiger partial charge in [-0.2, -0.15) is 4.73 Å². The van der Waals surface area contributed by atoms with E-state index in [1.165, 1.54) is 11.8 Å². The Morgan fingerprint density at radius 2 is 2.20 bits per heavy atom. The van der Waals surface area contributed by atoms with Gasteiger partial charge in [-0.05, 0) is 6.07 Å². The number of hydrogen-bond donors (Lipinski definition) is 2. The van der Waals surface area contributed by atoms with E-state index in [9.17, 15) is 4.79 Å². The normalized spacial score (nSPS) is 10.3. The number of carbonyl (C=O) groups excluding carboxylic acids is 1. The van der Waals surface area contributed by atoms with Gasteiger partial charge < -0.3 is 4.84 Å². The van der Waals surface area contributed by atoms with Gasteiger partial charge in [0.2, 0.25) is 0 Å². The first kappa shape index (κ1) is 9.54. The van der Waals surface area contributed by atoms with Crippen molar-refractivity contribution in [2.24, 2.45) is 5.84 Å². The lowest BCUT2D eigenvalue weighted by molar-refractivity contribution is 0.0952. The minimum atomic E-state index is -0.331. The fourth-order valence-electron chi connectivity index (χ4n) is 1.56. The number of benzene rings is 1. The van der Waals surface area contributed by atoms with Crippen LogP contribution in [-0.2, 0) is 0 Å². The standard InChI is InChI=1S/C10H11N3O2/c1-15-13-6-8(10(14)12-11)7-4-2-3-5-9(7)13/h2-6H,11H2,1H3,(H,12,14). The van der Waals surface area contributed by atoms with Crippen molar-refractivity contribution in [3.05, 3.63) is 36.0 Å². The lowest BCUT2D eigenvalue weighted by Gasteiger charge is -1.99. The maximum Gasteiger partial charge on any atom is 0.267 e. The van der Waals surface area contributed by atoms with Gasteiger partial charge >= 0.3 is 0 Å². The second-order valence-corrected chi connectivity index (χ2v) is 3.04. The SMILES string of the molecule is COn1cc(C(=O)NN)c2ccccc21. The number of hydrazine groups is 1. The van der Waals surface area contributed by atoms with E-state index in [4.69, 9.17) is 10.7 Å². The molecule has 5 nitrogen and oxygen atoms in total. The molecule has 15 heavy (non-hydrogen) atoms. The Balaban J connectivity index is 2.70. The van der Waals surface area contributed by atoms with Crippen LogP contribution in [0.4, 0.5) is 0 Å². The van der Waals surface area contributed by atoms with Crippen molar-refractivity contribution in [3.63, 3.8) is 0 Å². The number of aromatic nitrogens is 1. The van der Waals surface area contributed by atoms with Crippen LogP contribution in [0.5, 0.6) is 0 Å². The van der Waals surface area contributed by atoms with E-state index in [1.54, 1.807) is 6.20 Å². The molecule has 2 aromatic rings. The minimum Gasteiger partial charge on any atom is -0.417 e. The zero-order valence-corrected chi connectivity index (χ0v) is 8.23. The van der Waals surface area contributed by atoms with E-state index >= 15 is 0 Å². The molecule has 1 amide bonds. The molecule has 0 unspecified atom stereocenters. The predicted molar refractivity (Wildman–Crippen MR) is 56.1 cm³/mol. The summed E-state index contributed by atoms with van der Waals surface area (Å²) in [6.07, 6.45) is 1.60. The number of nitrogens with two attached hydrogens (primary N) is 1. The summed E-state index contributed by atoms with van der Waals surface area (Å²) in [5.74, 6) is 4.76. The van der Waals surface area contributed by atoms with Gasteiger partial charge in [-0.15, -0.1) is 0 Å². The Bertz CT molecular complexity index is 504. The van der Waals surface area contributed by atoms with Gasteiger partial charge in [-0.1, -0.05) is 18.2 Å². The van der Waals surface area contributed by atoms with E-state index in [0.717, 1.165) is 10.9 Å². The summed E-state index contributed by atoms with van der Waals surface area (Å²) < 4.78 is 1.53. The molecule has 0 bridgehead atoms. The number of nitrogens with zero attached hydrogens (tertiary/aromatic N) is 1. The highest BCUT2D eigenvalue weighted by molar-refractivity contribution is 6.06. The maximum atomic E-state index is 11.5. The molecule has 0 aliphatic carbocycles. The summed E-state index contributed by atoms with van der Waals surface area (Å²) in [6, 6.07) is 7.44. The van der Waals surface area contributed by atoms with Crippen LogP contribution >= 0.6 is 0 Å². The second-order valence-electron chi connectivity index (χ2n) is 3.04. The summed E-state index contributed by atoms with van der Waals surface area (Å²) in [4.78, 5) is 16.6. The molecule has 0 spiro atoms. The Labute approximate surface area is 86.4 Å². The van der Waals surface area contributed by atoms with Crippen molar-refractivity contribution in [1.29, 1.82) is 0 Å². The second kappa shape index (κ2) is 3.62. The number of rotatable bonds is 2. The van der Waals surface area contributed by atoms with Crippen molar-refractivity contribution in [2.45, 2.75) is 0 Å². The van der Waals surface area contributed by atoms with Crippen LogP contribution in [0.25, 0.3) is 10.9 Å². The van der Waals surface area contributed by atoms with Crippen LogP contribution in [0.1, 0.15) is 10.4 Å². The maximum absolute atomic E-state index is 11.5.